The summed E-state index contributed by atoms with van der Waals surface area (Å²) in [4.78, 5) is 29.6. The lowest BCUT2D eigenvalue weighted by Crippen LogP contribution is -2.50. The van der Waals surface area contributed by atoms with Crippen LogP contribution in [0.1, 0.15) is 21.5 Å². The summed E-state index contributed by atoms with van der Waals surface area (Å²) in [5.41, 5.74) is 4.65. The van der Waals surface area contributed by atoms with Crippen LogP contribution in [0.2, 0.25) is 0 Å². The molecule has 1 saturated heterocycles. The van der Waals surface area contributed by atoms with Gasteiger partial charge >= 0.3 is 6.03 Å². The van der Waals surface area contributed by atoms with Crippen molar-refractivity contribution >= 4 is 11.9 Å². The number of hydrogen-bond acceptors (Lipinski definition) is 5. The van der Waals surface area contributed by atoms with E-state index in [1.165, 1.54) is 0 Å². The summed E-state index contributed by atoms with van der Waals surface area (Å²) >= 11 is 0. The lowest BCUT2D eigenvalue weighted by atomic mass is 10.0. The largest absolute Gasteiger partial charge is 0.374 e. The molecule has 1 aliphatic heterocycles. The highest BCUT2D eigenvalue weighted by Crippen LogP contribution is 2.13. The van der Waals surface area contributed by atoms with Crippen LogP contribution in [-0.4, -0.2) is 47.6 Å². The van der Waals surface area contributed by atoms with Crippen LogP contribution in [0, 0.1) is 0 Å². The van der Waals surface area contributed by atoms with Crippen LogP contribution >= 0.6 is 0 Å². The van der Waals surface area contributed by atoms with Gasteiger partial charge in [-0.1, -0.05) is 12.1 Å². The standard InChI is InChI=1S/C19H23N5O3/c20-23-18(25)16-3-1-14(2-4-16)11-17-13-24(9-10-27-17)19(26)22-12-15-5-7-21-8-6-15/h1-8,17H,9-13,20H2,(H,22,26)(H,23,25). The van der Waals surface area contributed by atoms with Gasteiger partial charge in [-0.15, -0.1) is 0 Å². The van der Waals surface area contributed by atoms with E-state index in [9.17, 15) is 9.59 Å². The Labute approximate surface area is 157 Å². The van der Waals surface area contributed by atoms with E-state index in [0.29, 0.717) is 38.2 Å². The highest BCUT2D eigenvalue weighted by Gasteiger charge is 2.24. The van der Waals surface area contributed by atoms with Gasteiger partial charge in [0.15, 0.2) is 0 Å². The zero-order valence-electron chi connectivity index (χ0n) is 14.9. The molecule has 8 nitrogen and oxygen atoms in total. The number of carbonyl (C=O) groups is 2. The summed E-state index contributed by atoms with van der Waals surface area (Å²) in [5.74, 6) is 4.80. The van der Waals surface area contributed by atoms with Crippen molar-refractivity contribution in [1.29, 1.82) is 0 Å². The van der Waals surface area contributed by atoms with Crippen molar-refractivity contribution in [2.45, 2.75) is 19.1 Å². The minimum absolute atomic E-state index is 0.0837. The summed E-state index contributed by atoms with van der Waals surface area (Å²) < 4.78 is 5.79. The molecule has 4 N–H and O–H groups in total. The van der Waals surface area contributed by atoms with Crippen LogP contribution < -0.4 is 16.6 Å². The summed E-state index contributed by atoms with van der Waals surface area (Å²) in [6.45, 7) is 2.05. The lowest BCUT2D eigenvalue weighted by Gasteiger charge is -2.33. The molecule has 1 aromatic carbocycles. The van der Waals surface area contributed by atoms with Gasteiger partial charge in [-0.2, -0.15) is 0 Å². The van der Waals surface area contributed by atoms with Crippen LogP contribution in [0.4, 0.5) is 4.79 Å². The monoisotopic (exact) mass is 369 g/mol. The molecule has 2 heterocycles. The van der Waals surface area contributed by atoms with E-state index in [2.05, 4.69) is 15.7 Å². The molecular formula is C19H23N5O3. The summed E-state index contributed by atoms with van der Waals surface area (Å²) in [6.07, 6.45) is 3.99. The Morgan fingerprint density at radius 3 is 2.59 bits per heavy atom. The van der Waals surface area contributed by atoms with E-state index in [4.69, 9.17) is 10.6 Å². The van der Waals surface area contributed by atoms with E-state index < -0.39 is 0 Å². The van der Waals surface area contributed by atoms with Crippen molar-refractivity contribution in [3.63, 3.8) is 0 Å². The lowest BCUT2D eigenvalue weighted by molar-refractivity contribution is -0.0133. The van der Waals surface area contributed by atoms with Crippen LogP contribution in [-0.2, 0) is 17.7 Å². The van der Waals surface area contributed by atoms with Crippen molar-refractivity contribution in [3.8, 4) is 0 Å². The molecule has 0 radical (unpaired) electrons. The van der Waals surface area contributed by atoms with Gasteiger partial charge in [-0.05, 0) is 35.4 Å². The number of nitrogen functional groups attached to an aromatic ring is 1. The second kappa shape index (κ2) is 9.11. The first-order valence-corrected chi connectivity index (χ1v) is 8.79. The van der Waals surface area contributed by atoms with E-state index in [-0.39, 0.29) is 18.0 Å². The Morgan fingerprint density at radius 1 is 1.15 bits per heavy atom. The first-order valence-electron chi connectivity index (χ1n) is 8.79. The molecule has 1 atom stereocenters. The van der Waals surface area contributed by atoms with Gasteiger partial charge in [0.25, 0.3) is 5.91 Å². The number of urea groups is 1. The van der Waals surface area contributed by atoms with Crippen molar-refractivity contribution in [2.75, 3.05) is 19.7 Å². The maximum absolute atomic E-state index is 12.4. The molecule has 0 bridgehead atoms. The molecule has 1 aromatic heterocycles. The molecule has 3 rings (SSSR count). The zero-order chi connectivity index (χ0) is 19.1. The fraction of sp³-hybridized carbons (Fsp3) is 0.316. The molecule has 1 unspecified atom stereocenters. The van der Waals surface area contributed by atoms with E-state index in [1.54, 1.807) is 29.4 Å². The van der Waals surface area contributed by atoms with Gasteiger partial charge in [0, 0.05) is 44.0 Å². The van der Waals surface area contributed by atoms with Gasteiger partial charge in [0.1, 0.15) is 0 Å². The fourth-order valence-corrected chi connectivity index (χ4v) is 2.96. The first kappa shape index (κ1) is 18.8. The third-order valence-electron chi connectivity index (χ3n) is 4.43. The number of benzene rings is 1. The average Bonchev–Trinajstić information content (AvgIpc) is 2.73. The second-order valence-corrected chi connectivity index (χ2v) is 6.33. The molecule has 1 fully saturated rings. The topological polar surface area (TPSA) is 110 Å². The van der Waals surface area contributed by atoms with Crippen molar-refractivity contribution in [3.05, 3.63) is 65.5 Å². The minimum Gasteiger partial charge on any atom is -0.374 e. The number of ether oxygens (including phenoxy) is 1. The average molecular weight is 369 g/mol. The molecular weight excluding hydrogens is 346 g/mol. The minimum atomic E-state index is -0.326. The number of carbonyl (C=O) groups excluding carboxylic acids is 2. The summed E-state index contributed by atoms with van der Waals surface area (Å²) in [5, 5.41) is 2.93. The zero-order valence-corrected chi connectivity index (χ0v) is 14.9. The van der Waals surface area contributed by atoms with Crippen molar-refractivity contribution in [1.82, 2.24) is 20.6 Å². The Hall–Kier alpha value is -2.97. The fourth-order valence-electron chi connectivity index (χ4n) is 2.96. The molecule has 27 heavy (non-hydrogen) atoms. The van der Waals surface area contributed by atoms with Gasteiger partial charge < -0.3 is 15.0 Å². The van der Waals surface area contributed by atoms with Gasteiger partial charge in [-0.3, -0.25) is 15.2 Å². The first-order chi connectivity index (χ1) is 13.2. The predicted molar refractivity (Wildman–Crippen MR) is 99.6 cm³/mol. The molecule has 0 aliphatic carbocycles. The predicted octanol–water partition coefficient (Wildman–Crippen LogP) is 0.838. The molecule has 0 spiro atoms. The number of amides is 3. The number of morpholine rings is 1. The van der Waals surface area contributed by atoms with Gasteiger partial charge in [-0.25, -0.2) is 10.6 Å². The molecule has 3 amide bonds. The van der Waals surface area contributed by atoms with Gasteiger partial charge in [0.2, 0.25) is 0 Å². The number of nitrogens with one attached hydrogen (secondary N) is 2. The Balaban J connectivity index is 1.51. The number of pyridine rings is 1. The molecule has 0 saturated carbocycles. The molecule has 2 aromatic rings. The van der Waals surface area contributed by atoms with Crippen LogP contribution in [0.25, 0.3) is 0 Å². The Morgan fingerprint density at radius 2 is 1.89 bits per heavy atom. The maximum Gasteiger partial charge on any atom is 0.317 e. The number of nitrogens with two attached hydrogens (primary N) is 1. The Bertz CT molecular complexity index is 767. The summed E-state index contributed by atoms with van der Waals surface area (Å²) in [7, 11) is 0. The molecule has 142 valence electrons. The van der Waals surface area contributed by atoms with Crippen LogP contribution in [0.5, 0.6) is 0 Å². The van der Waals surface area contributed by atoms with Crippen molar-refractivity contribution < 1.29 is 14.3 Å². The third-order valence-corrected chi connectivity index (χ3v) is 4.43. The molecule has 1 aliphatic rings. The Kier molecular flexibility index (Phi) is 6.35. The van der Waals surface area contributed by atoms with Crippen LogP contribution in [0.3, 0.4) is 0 Å². The third kappa shape index (κ3) is 5.25. The maximum atomic E-state index is 12.4. The van der Waals surface area contributed by atoms with Crippen LogP contribution in [0.15, 0.2) is 48.8 Å². The SMILES string of the molecule is NNC(=O)c1ccc(CC2CN(C(=O)NCc3ccncc3)CCO2)cc1. The highest BCUT2D eigenvalue weighted by molar-refractivity contribution is 5.93. The number of aromatic nitrogens is 1. The van der Waals surface area contributed by atoms with E-state index in [0.717, 1.165) is 11.1 Å². The normalized spacial score (nSPS) is 16.6. The quantitative estimate of drug-likeness (QED) is 0.411. The van der Waals surface area contributed by atoms with Gasteiger partial charge in [0.05, 0.1) is 12.7 Å². The number of hydrogen-bond donors (Lipinski definition) is 3. The summed E-state index contributed by atoms with van der Waals surface area (Å²) in [6, 6.07) is 10.8. The number of hydrazine groups is 1. The van der Waals surface area contributed by atoms with E-state index >= 15 is 0 Å². The molecule has 8 heteroatoms. The smallest absolute Gasteiger partial charge is 0.317 e. The van der Waals surface area contributed by atoms with E-state index in [1.807, 2.05) is 24.3 Å². The highest BCUT2D eigenvalue weighted by atomic mass is 16.5. The van der Waals surface area contributed by atoms with Crippen molar-refractivity contribution in [2.24, 2.45) is 5.84 Å². The number of nitrogens with zero attached hydrogens (tertiary/aromatic N) is 2. The number of rotatable bonds is 5. The second-order valence-electron chi connectivity index (χ2n) is 6.33.